The van der Waals surface area contributed by atoms with Gasteiger partial charge in [-0.05, 0) is 14.0 Å². The molecule has 0 unspecified atom stereocenters. The molecule has 3 rings (SSSR count). The van der Waals surface area contributed by atoms with Gasteiger partial charge in [-0.15, -0.1) is 0 Å². The number of carbonyl (C=O) groups is 2. The van der Waals surface area contributed by atoms with Crippen molar-refractivity contribution >= 4 is 17.6 Å². The predicted molar refractivity (Wildman–Crippen MR) is 94.6 cm³/mol. The highest BCUT2D eigenvalue weighted by molar-refractivity contribution is 5.93. The van der Waals surface area contributed by atoms with E-state index in [0.29, 0.717) is 24.6 Å². The zero-order valence-electron chi connectivity index (χ0n) is 15.2. The van der Waals surface area contributed by atoms with Crippen molar-refractivity contribution < 1.29 is 9.59 Å². The third-order valence-corrected chi connectivity index (χ3v) is 4.88. The molecule has 2 saturated heterocycles. The standard InChI is InChI=1S/C17H26N6O2/c1-13-18-15(17(25)23-6-4-20(3)5-7-23)12-16(19-13)22-10-8-21(9-11-22)14(2)24/h12H,4-11H2,1-3H3. The van der Waals surface area contributed by atoms with Gasteiger partial charge in [0.1, 0.15) is 17.3 Å². The van der Waals surface area contributed by atoms with Gasteiger partial charge in [-0.1, -0.05) is 0 Å². The van der Waals surface area contributed by atoms with Crippen molar-refractivity contribution in [1.82, 2.24) is 24.7 Å². The molecule has 136 valence electrons. The van der Waals surface area contributed by atoms with E-state index in [9.17, 15) is 9.59 Å². The average Bonchev–Trinajstić information content (AvgIpc) is 2.61. The van der Waals surface area contributed by atoms with Crippen LogP contribution in [-0.2, 0) is 4.79 Å². The van der Waals surface area contributed by atoms with E-state index in [1.807, 2.05) is 16.7 Å². The van der Waals surface area contributed by atoms with E-state index in [1.165, 1.54) is 0 Å². The van der Waals surface area contributed by atoms with Gasteiger partial charge in [0.25, 0.3) is 5.91 Å². The van der Waals surface area contributed by atoms with Crippen molar-refractivity contribution in [2.24, 2.45) is 0 Å². The Bertz CT molecular complexity index is 649. The van der Waals surface area contributed by atoms with Crippen molar-refractivity contribution in [2.75, 3.05) is 64.3 Å². The minimum atomic E-state index is -0.0257. The summed E-state index contributed by atoms with van der Waals surface area (Å²) >= 11 is 0. The summed E-state index contributed by atoms with van der Waals surface area (Å²) < 4.78 is 0. The van der Waals surface area contributed by atoms with Gasteiger partial charge in [0.15, 0.2) is 0 Å². The fraction of sp³-hybridized carbons (Fsp3) is 0.647. The molecule has 25 heavy (non-hydrogen) atoms. The van der Waals surface area contributed by atoms with Crippen LogP contribution in [0.1, 0.15) is 23.2 Å². The summed E-state index contributed by atoms with van der Waals surface area (Å²) in [6, 6.07) is 1.79. The minimum Gasteiger partial charge on any atom is -0.353 e. The normalized spacial score (nSPS) is 19.2. The van der Waals surface area contributed by atoms with Crippen LogP contribution in [-0.4, -0.2) is 95.9 Å². The third-order valence-electron chi connectivity index (χ3n) is 4.88. The number of anilines is 1. The molecule has 0 radical (unpaired) electrons. The summed E-state index contributed by atoms with van der Waals surface area (Å²) in [4.78, 5) is 41.1. The molecule has 0 aromatic carbocycles. The first-order valence-electron chi connectivity index (χ1n) is 8.78. The van der Waals surface area contributed by atoms with Crippen molar-refractivity contribution in [3.63, 3.8) is 0 Å². The molecule has 0 aliphatic carbocycles. The Morgan fingerprint density at radius 2 is 1.52 bits per heavy atom. The average molecular weight is 346 g/mol. The number of hydrogen-bond acceptors (Lipinski definition) is 6. The molecule has 3 heterocycles. The van der Waals surface area contributed by atoms with Gasteiger partial charge >= 0.3 is 0 Å². The largest absolute Gasteiger partial charge is 0.353 e. The third kappa shape index (κ3) is 4.07. The van der Waals surface area contributed by atoms with E-state index < -0.39 is 0 Å². The Morgan fingerprint density at radius 1 is 0.920 bits per heavy atom. The van der Waals surface area contributed by atoms with Crippen LogP contribution in [0.25, 0.3) is 0 Å². The molecule has 1 aromatic heterocycles. The lowest BCUT2D eigenvalue weighted by molar-refractivity contribution is -0.129. The first-order chi connectivity index (χ1) is 11.9. The molecule has 2 fully saturated rings. The van der Waals surface area contributed by atoms with Crippen LogP contribution in [0.15, 0.2) is 6.07 Å². The first kappa shape index (κ1) is 17.6. The lowest BCUT2D eigenvalue weighted by Gasteiger charge is -2.35. The molecular weight excluding hydrogens is 320 g/mol. The lowest BCUT2D eigenvalue weighted by Crippen LogP contribution is -2.49. The summed E-state index contributed by atoms with van der Waals surface area (Å²) in [5.74, 6) is 1.45. The molecule has 2 aliphatic heterocycles. The number of likely N-dealkylation sites (N-methyl/N-ethyl adjacent to an activating group) is 1. The number of carbonyl (C=O) groups excluding carboxylic acids is 2. The minimum absolute atomic E-state index is 0.0257. The van der Waals surface area contributed by atoms with E-state index in [2.05, 4.69) is 26.8 Å². The second-order valence-corrected chi connectivity index (χ2v) is 6.75. The number of piperazine rings is 2. The van der Waals surface area contributed by atoms with Crippen LogP contribution in [0.4, 0.5) is 5.82 Å². The summed E-state index contributed by atoms with van der Waals surface area (Å²) in [7, 11) is 2.06. The van der Waals surface area contributed by atoms with Crippen LogP contribution < -0.4 is 4.90 Å². The van der Waals surface area contributed by atoms with E-state index in [4.69, 9.17) is 0 Å². The smallest absolute Gasteiger partial charge is 0.272 e. The van der Waals surface area contributed by atoms with Crippen molar-refractivity contribution in [3.05, 3.63) is 17.6 Å². The molecule has 0 saturated carbocycles. The van der Waals surface area contributed by atoms with Gasteiger partial charge in [-0.3, -0.25) is 9.59 Å². The fourth-order valence-electron chi connectivity index (χ4n) is 3.25. The number of aromatic nitrogens is 2. The van der Waals surface area contributed by atoms with Crippen LogP contribution in [0.5, 0.6) is 0 Å². The highest BCUT2D eigenvalue weighted by Crippen LogP contribution is 2.17. The van der Waals surface area contributed by atoms with Crippen LogP contribution in [0.3, 0.4) is 0 Å². The van der Waals surface area contributed by atoms with E-state index in [0.717, 1.165) is 45.1 Å². The van der Waals surface area contributed by atoms with Crippen LogP contribution in [0.2, 0.25) is 0 Å². The maximum absolute atomic E-state index is 12.8. The predicted octanol–water partition coefficient (Wildman–Crippen LogP) is -0.159. The highest BCUT2D eigenvalue weighted by Gasteiger charge is 2.24. The zero-order chi connectivity index (χ0) is 18.0. The number of nitrogens with zero attached hydrogens (tertiary/aromatic N) is 6. The van der Waals surface area contributed by atoms with E-state index in [1.54, 1.807) is 13.0 Å². The lowest BCUT2D eigenvalue weighted by atomic mass is 10.2. The van der Waals surface area contributed by atoms with Crippen molar-refractivity contribution in [1.29, 1.82) is 0 Å². The Kier molecular flexibility index (Phi) is 5.17. The fourth-order valence-corrected chi connectivity index (χ4v) is 3.25. The Balaban J connectivity index is 1.72. The maximum atomic E-state index is 12.8. The second kappa shape index (κ2) is 7.35. The summed E-state index contributed by atoms with van der Waals surface area (Å²) in [5, 5.41) is 0. The molecule has 2 amide bonds. The highest BCUT2D eigenvalue weighted by atomic mass is 16.2. The van der Waals surface area contributed by atoms with E-state index >= 15 is 0 Å². The SMILES string of the molecule is CC(=O)N1CCN(c2cc(C(=O)N3CCN(C)CC3)nc(C)n2)CC1. The molecule has 0 bridgehead atoms. The van der Waals surface area contributed by atoms with Gasteiger partial charge in [0, 0.05) is 65.3 Å². The molecule has 0 atom stereocenters. The van der Waals surface area contributed by atoms with E-state index in [-0.39, 0.29) is 11.8 Å². The Labute approximate surface area is 148 Å². The molecular formula is C17H26N6O2. The van der Waals surface area contributed by atoms with Crippen molar-refractivity contribution in [3.8, 4) is 0 Å². The van der Waals surface area contributed by atoms with Gasteiger partial charge in [0.05, 0.1) is 0 Å². The number of hydrogen-bond donors (Lipinski definition) is 0. The number of aryl methyl sites for hydroxylation is 1. The Morgan fingerprint density at radius 3 is 2.12 bits per heavy atom. The summed E-state index contributed by atoms with van der Waals surface area (Å²) in [5.41, 5.74) is 0.459. The van der Waals surface area contributed by atoms with Gasteiger partial charge in [-0.25, -0.2) is 9.97 Å². The molecule has 8 nitrogen and oxygen atoms in total. The molecule has 1 aromatic rings. The van der Waals surface area contributed by atoms with Gasteiger partial charge in [0.2, 0.25) is 5.91 Å². The van der Waals surface area contributed by atoms with Crippen molar-refractivity contribution in [2.45, 2.75) is 13.8 Å². The molecule has 0 N–H and O–H groups in total. The van der Waals surface area contributed by atoms with Gasteiger partial charge < -0.3 is 19.6 Å². The zero-order valence-corrected chi connectivity index (χ0v) is 15.2. The molecule has 8 heteroatoms. The molecule has 0 spiro atoms. The topological polar surface area (TPSA) is 72.9 Å². The van der Waals surface area contributed by atoms with Crippen LogP contribution in [0, 0.1) is 6.92 Å². The molecule has 2 aliphatic rings. The Hall–Kier alpha value is -2.22. The van der Waals surface area contributed by atoms with Gasteiger partial charge in [-0.2, -0.15) is 0 Å². The quantitative estimate of drug-likeness (QED) is 0.741. The second-order valence-electron chi connectivity index (χ2n) is 6.75. The first-order valence-corrected chi connectivity index (χ1v) is 8.78. The summed E-state index contributed by atoms with van der Waals surface area (Å²) in [6.07, 6.45) is 0. The maximum Gasteiger partial charge on any atom is 0.272 e. The summed E-state index contributed by atoms with van der Waals surface area (Å²) in [6.45, 7) is 9.44. The number of amides is 2. The van der Waals surface area contributed by atoms with Crippen LogP contribution >= 0.6 is 0 Å². The monoisotopic (exact) mass is 346 g/mol. The number of rotatable bonds is 2.